The van der Waals surface area contributed by atoms with Crippen LogP contribution in [-0.4, -0.2) is 46.2 Å². The molecule has 0 aliphatic heterocycles. The number of nitrogens with zero attached hydrogens (tertiary/aromatic N) is 1. The fourth-order valence-corrected chi connectivity index (χ4v) is 5.33. The molecule has 0 saturated heterocycles. The Labute approximate surface area is 186 Å². The fraction of sp³-hybridized carbons (Fsp3) is 0.571. The number of carbonyl (C=O) groups is 1. The maximum absolute atomic E-state index is 13.5. The van der Waals surface area contributed by atoms with E-state index >= 15 is 0 Å². The van der Waals surface area contributed by atoms with Crippen molar-refractivity contribution in [3.8, 4) is 5.64 Å². The van der Waals surface area contributed by atoms with Gasteiger partial charge in [0, 0.05) is 0 Å². The molecule has 3 aliphatic carbocycles. The first-order valence-electron chi connectivity index (χ1n) is 10.4. The van der Waals surface area contributed by atoms with Crippen LogP contribution in [0, 0.1) is 5.41 Å². The van der Waals surface area contributed by atoms with Crippen LogP contribution in [-0.2, 0) is 11.3 Å². The van der Waals surface area contributed by atoms with Gasteiger partial charge in [-0.3, -0.25) is 0 Å². The van der Waals surface area contributed by atoms with Gasteiger partial charge in [-0.1, -0.05) is 0 Å². The van der Waals surface area contributed by atoms with Crippen LogP contribution in [0.4, 0.5) is 8.78 Å². The van der Waals surface area contributed by atoms with E-state index in [0.717, 1.165) is 4.47 Å². The molecule has 1 heterocycles. The summed E-state index contributed by atoms with van der Waals surface area (Å²) in [6, 6.07) is 5.03. The first-order valence-corrected chi connectivity index (χ1v) is 11.2. The molecule has 1 aromatic heterocycles. The molecule has 0 bridgehead atoms. The number of rotatable bonds is 5. The number of carbonyl (C=O) groups excluding carboxylic acids is 1. The summed E-state index contributed by atoms with van der Waals surface area (Å²) in [5.74, 6) is -2.92. The zero-order valence-corrected chi connectivity index (χ0v) is 18.5. The number of nitrogens with one attached hydrogen (secondary N) is 1. The standard InChI is InChI=1S/C21H22BBrF2N2O4/c1-19(30)5-12(6-19)26-16(28)9-27-18(29)14-3-2-11(23)4-15(14)17(22-27)31-13-7-20(8-13)10-21(20,24)25/h2-4,12-13,30H,5-10H2,1H3,(H,26,28). The number of alkyl halides is 2. The number of halogens is 3. The van der Waals surface area contributed by atoms with Crippen molar-refractivity contribution < 1.29 is 23.4 Å². The second kappa shape index (κ2) is 6.84. The quantitative estimate of drug-likeness (QED) is 0.669. The van der Waals surface area contributed by atoms with Gasteiger partial charge in [-0.05, 0) is 0 Å². The Hall–Kier alpha value is -1.81. The predicted molar refractivity (Wildman–Crippen MR) is 115 cm³/mol. The van der Waals surface area contributed by atoms with E-state index in [9.17, 15) is 23.5 Å². The van der Waals surface area contributed by atoms with E-state index in [0.29, 0.717) is 29.3 Å². The van der Waals surface area contributed by atoms with Crippen molar-refractivity contribution in [1.29, 1.82) is 0 Å². The van der Waals surface area contributed by atoms with Gasteiger partial charge in [-0.2, -0.15) is 0 Å². The number of benzene rings is 1. The molecule has 0 atom stereocenters. The van der Waals surface area contributed by atoms with Crippen molar-refractivity contribution in [2.75, 3.05) is 0 Å². The molecule has 1 spiro atoms. The second-order valence-corrected chi connectivity index (χ2v) is 10.5. The van der Waals surface area contributed by atoms with Gasteiger partial charge < -0.3 is 0 Å². The number of fused-ring (bicyclic) bond motifs is 1. The van der Waals surface area contributed by atoms with Gasteiger partial charge in [0.2, 0.25) is 0 Å². The first-order chi connectivity index (χ1) is 14.5. The van der Waals surface area contributed by atoms with Gasteiger partial charge in [0.15, 0.2) is 0 Å². The summed E-state index contributed by atoms with van der Waals surface area (Å²) >= 11 is 3.39. The van der Waals surface area contributed by atoms with Crippen molar-refractivity contribution in [3.05, 3.63) is 33.0 Å². The van der Waals surface area contributed by atoms with Crippen LogP contribution in [0.25, 0.3) is 10.8 Å². The van der Waals surface area contributed by atoms with E-state index < -0.39 is 16.9 Å². The summed E-state index contributed by atoms with van der Waals surface area (Å²) in [6.45, 7) is 1.53. The van der Waals surface area contributed by atoms with Crippen molar-refractivity contribution in [1.82, 2.24) is 9.79 Å². The second-order valence-electron chi connectivity index (χ2n) is 9.60. The molecule has 3 fully saturated rings. The maximum atomic E-state index is 13.5. The molecule has 3 saturated carbocycles. The molecule has 164 valence electrons. The van der Waals surface area contributed by atoms with Crippen LogP contribution in [0.1, 0.15) is 39.0 Å². The van der Waals surface area contributed by atoms with Crippen LogP contribution in [0.5, 0.6) is 5.64 Å². The third kappa shape index (κ3) is 3.71. The molecule has 1 aromatic carbocycles. The molecular formula is C21H22BBrF2N2O4. The van der Waals surface area contributed by atoms with E-state index in [4.69, 9.17) is 4.74 Å². The number of amides is 1. The fourth-order valence-electron chi connectivity index (χ4n) is 4.97. The molecule has 6 nitrogen and oxygen atoms in total. The van der Waals surface area contributed by atoms with E-state index in [1.54, 1.807) is 25.1 Å². The molecule has 0 radical (unpaired) electrons. The van der Waals surface area contributed by atoms with Crippen LogP contribution in [0.2, 0.25) is 0 Å². The normalized spacial score (nSPS) is 32.8. The molecule has 2 aromatic rings. The Morgan fingerprint density at radius 2 is 2.00 bits per heavy atom. The number of aliphatic hydroxyl groups is 1. The molecule has 31 heavy (non-hydrogen) atoms. The Bertz CT molecular complexity index is 1140. The summed E-state index contributed by atoms with van der Waals surface area (Å²) in [5.41, 5.74) is -1.60. The van der Waals surface area contributed by atoms with Gasteiger partial charge in [0.1, 0.15) is 0 Å². The molecule has 0 unspecified atom stereocenters. The molecule has 5 rings (SSSR count). The minimum atomic E-state index is -2.60. The topological polar surface area (TPSA) is 80.6 Å². The monoisotopic (exact) mass is 494 g/mol. The number of aromatic nitrogens is 1. The Morgan fingerprint density at radius 1 is 1.32 bits per heavy atom. The Balaban J connectivity index is 1.37. The summed E-state index contributed by atoms with van der Waals surface area (Å²) < 4.78 is 35.1. The molecular weight excluding hydrogens is 473 g/mol. The van der Waals surface area contributed by atoms with Gasteiger partial charge in [-0.15, -0.1) is 0 Å². The number of ether oxygens (including phenoxy) is 1. The van der Waals surface area contributed by atoms with E-state index in [2.05, 4.69) is 21.2 Å². The van der Waals surface area contributed by atoms with Crippen LogP contribution in [0.3, 0.4) is 0 Å². The van der Waals surface area contributed by atoms with Gasteiger partial charge in [0.05, 0.1) is 0 Å². The molecule has 1 amide bonds. The summed E-state index contributed by atoms with van der Waals surface area (Å²) in [7, 11) is 1.49. The van der Waals surface area contributed by atoms with Crippen molar-refractivity contribution >= 4 is 39.7 Å². The summed E-state index contributed by atoms with van der Waals surface area (Å²) in [6.07, 6.45) is 1.10. The van der Waals surface area contributed by atoms with Crippen LogP contribution < -0.4 is 15.6 Å². The SMILES string of the molecule is CC1(O)CC(NC(=O)Cn2bc(OC3CC4(C3)CC4(F)F)c3cc(Br)ccc3c2=O)C1. The third-order valence-electron chi connectivity index (χ3n) is 6.80. The molecule has 3 aliphatic rings. The third-order valence-corrected chi connectivity index (χ3v) is 7.30. The van der Waals surface area contributed by atoms with Gasteiger partial charge >= 0.3 is 186 Å². The van der Waals surface area contributed by atoms with E-state index in [-0.39, 0.29) is 49.4 Å². The number of hydrogen-bond acceptors (Lipinski definition) is 4. The Kier molecular flexibility index (Phi) is 4.65. The van der Waals surface area contributed by atoms with Crippen molar-refractivity contribution in [2.24, 2.45) is 5.41 Å². The van der Waals surface area contributed by atoms with Gasteiger partial charge in [0.25, 0.3) is 0 Å². The van der Waals surface area contributed by atoms with E-state index in [1.807, 2.05) is 0 Å². The average Bonchev–Trinajstić information content (AvgIpc) is 3.19. The van der Waals surface area contributed by atoms with Crippen molar-refractivity contribution in [3.63, 3.8) is 0 Å². The van der Waals surface area contributed by atoms with Crippen molar-refractivity contribution in [2.45, 2.75) is 69.2 Å². The van der Waals surface area contributed by atoms with Crippen LogP contribution >= 0.6 is 15.9 Å². The Morgan fingerprint density at radius 3 is 2.61 bits per heavy atom. The zero-order valence-electron chi connectivity index (χ0n) is 17.0. The van der Waals surface area contributed by atoms with E-state index in [1.165, 1.54) is 11.5 Å². The molecule has 10 heteroatoms. The average molecular weight is 495 g/mol. The summed E-state index contributed by atoms with van der Waals surface area (Å²) in [5, 5.41) is 13.6. The van der Waals surface area contributed by atoms with Crippen LogP contribution in [0.15, 0.2) is 27.5 Å². The number of hydrogen-bond donors (Lipinski definition) is 2. The van der Waals surface area contributed by atoms with Gasteiger partial charge in [-0.25, -0.2) is 0 Å². The molecule has 2 N–H and O–H groups in total. The predicted octanol–water partition coefficient (Wildman–Crippen LogP) is 2.70. The zero-order chi connectivity index (χ0) is 22.2. The minimum absolute atomic E-state index is 0.0835. The first kappa shape index (κ1) is 21.1. The summed E-state index contributed by atoms with van der Waals surface area (Å²) in [4.78, 5) is 25.4.